The number of nitrogens with zero attached hydrogens (tertiary/aromatic N) is 6. The first-order valence-electron chi connectivity index (χ1n) is 9.01. The van der Waals surface area contributed by atoms with Crippen molar-refractivity contribution in [3.05, 3.63) is 74.7 Å². The number of anilines is 1. The predicted octanol–water partition coefficient (Wildman–Crippen LogP) is 3.02. The van der Waals surface area contributed by atoms with Crippen LogP contribution in [0.3, 0.4) is 0 Å². The number of fused-ring (bicyclic) bond motifs is 1. The summed E-state index contributed by atoms with van der Waals surface area (Å²) in [6.45, 7) is 9.92. The number of nitrogens with one attached hydrogen (secondary N) is 1. The van der Waals surface area contributed by atoms with Crippen molar-refractivity contribution >= 4 is 11.4 Å². The van der Waals surface area contributed by atoms with Crippen molar-refractivity contribution in [1.82, 2.24) is 25.2 Å². The average Bonchev–Trinajstić information content (AvgIpc) is 3.12. The molecule has 4 rings (SSSR count). The van der Waals surface area contributed by atoms with Crippen LogP contribution in [0.5, 0.6) is 0 Å². The summed E-state index contributed by atoms with van der Waals surface area (Å²) >= 11 is 0. The van der Waals surface area contributed by atoms with E-state index in [9.17, 15) is 13.6 Å². The largest absolute Gasteiger partial charge is 0.370 e. The zero-order valence-corrected chi connectivity index (χ0v) is 15.5. The molecule has 0 saturated carbocycles. The molecule has 148 valence electrons. The number of hydrogen-bond donors (Lipinski definition) is 1. The Labute approximate surface area is 164 Å². The number of rotatable bonds is 4. The first-order valence-corrected chi connectivity index (χ1v) is 9.01. The molecule has 0 bridgehead atoms. The second-order valence-corrected chi connectivity index (χ2v) is 6.74. The summed E-state index contributed by atoms with van der Waals surface area (Å²) in [6.07, 6.45) is -0.552. The molecule has 0 amide bonds. The van der Waals surface area contributed by atoms with Crippen molar-refractivity contribution in [1.29, 1.82) is 0 Å². The fraction of sp³-hybridized carbons (Fsp3) is 0.316. The van der Waals surface area contributed by atoms with Crippen LogP contribution in [0, 0.1) is 6.57 Å². The standard InChI is InChI=1S/C19H17F2N7O/c1-11-16-14(7-8-27(11)15-9-23-25-19(29)17(15)22-2)28(26-24-16)10-12-5-3-4-6-13(12)18(20)21/h3-6,9,11,18H,7-8,10H2,1H3,(H,25,29)/t11-/m1/s1. The van der Waals surface area contributed by atoms with Gasteiger partial charge in [-0.15, -0.1) is 5.10 Å². The van der Waals surface area contributed by atoms with E-state index in [4.69, 9.17) is 6.57 Å². The molecule has 29 heavy (non-hydrogen) atoms. The van der Waals surface area contributed by atoms with Gasteiger partial charge in [0.15, 0.2) is 0 Å². The summed E-state index contributed by atoms with van der Waals surface area (Å²) in [5, 5.41) is 14.5. The average molecular weight is 397 g/mol. The molecule has 0 radical (unpaired) electrons. The molecule has 0 spiro atoms. The Balaban J connectivity index is 1.66. The Hall–Kier alpha value is -3.61. The first-order chi connectivity index (χ1) is 14.0. The van der Waals surface area contributed by atoms with Crippen molar-refractivity contribution in [2.24, 2.45) is 0 Å². The highest BCUT2D eigenvalue weighted by Crippen LogP contribution is 2.35. The normalized spacial score (nSPS) is 16.0. The van der Waals surface area contributed by atoms with Crippen LogP contribution in [-0.2, 0) is 13.0 Å². The van der Waals surface area contributed by atoms with Crippen molar-refractivity contribution in [2.75, 3.05) is 11.4 Å². The van der Waals surface area contributed by atoms with Crippen LogP contribution in [-0.4, -0.2) is 31.7 Å². The fourth-order valence-corrected chi connectivity index (χ4v) is 3.70. The van der Waals surface area contributed by atoms with Crippen LogP contribution in [0.4, 0.5) is 20.2 Å². The SMILES string of the molecule is [C-]#[N+]c1c(N2CCc3c(nnn3Cc3ccccc3C(F)F)[C@H]2C)cn[nH]c1=O. The lowest BCUT2D eigenvalue weighted by atomic mass is 10.0. The highest BCUT2D eigenvalue weighted by molar-refractivity contribution is 5.69. The summed E-state index contributed by atoms with van der Waals surface area (Å²) in [4.78, 5) is 17.1. The third-order valence-corrected chi connectivity index (χ3v) is 5.16. The molecule has 1 N–H and O–H groups in total. The molecule has 2 aromatic heterocycles. The Morgan fingerprint density at radius 2 is 2.17 bits per heavy atom. The minimum atomic E-state index is -2.56. The van der Waals surface area contributed by atoms with Gasteiger partial charge in [0.1, 0.15) is 5.69 Å². The van der Waals surface area contributed by atoms with E-state index in [0.29, 0.717) is 29.9 Å². The second-order valence-electron chi connectivity index (χ2n) is 6.74. The van der Waals surface area contributed by atoms with Crippen molar-refractivity contribution in [2.45, 2.75) is 32.4 Å². The van der Waals surface area contributed by atoms with Crippen LogP contribution in [0.25, 0.3) is 4.85 Å². The van der Waals surface area contributed by atoms with E-state index in [-0.39, 0.29) is 23.8 Å². The number of H-pyrrole nitrogens is 1. The molecule has 3 heterocycles. The maximum absolute atomic E-state index is 13.3. The maximum Gasteiger partial charge on any atom is 0.275 e. The van der Waals surface area contributed by atoms with E-state index in [1.807, 2.05) is 11.8 Å². The van der Waals surface area contributed by atoms with E-state index < -0.39 is 12.0 Å². The molecule has 1 atom stereocenters. The Bertz CT molecular complexity index is 1150. The quantitative estimate of drug-likeness (QED) is 0.684. The monoisotopic (exact) mass is 397 g/mol. The summed E-state index contributed by atoms with van der Waals surface area (Å²) < 4.78 is 28.2. The van der Waals surface area contributed by atoms with Gasteiger partial charge in [0.2, 0.25) is 0 Å². The van der Waals surface area contributed by atoms with Gasteiger partial charge < -0.3 is 4.90 Å². The fourth-order valence-electron chi connectivity index (χ4n) is 3.70. The summed E-state index contributed by atoms with van der Waals surface area (Å²) in [5.41, 5.74) is 1.93. The minimum absolute atomic E-state index is 0.0153. The molecule has 1 aliphatic rings. The number of aromatic nitrogens is 5. The predicted molar refractivity (Wildman–Crippen MR) is 101 cm³/mol. The molecular formula is C19H17F2N7O. The Morgan fingerprint density at radius 3 is 2.93 bits per heavy atom. The Morgan fingerprint density at radius 1 is 1.38 bits per heavy atom. The number of benzene rings is 1. The molecular weight excluding hydrogens is 380 g/mol. The molecule has 1 aliphatic heterocycles. The van der Waals surface area contributed by atoms with Crippen molar-refractivity contribution < 1.29 is 8.78 Å². The first kappa shape index (κ1) is 18.7. The van der Waals surface area contributed by atoms with Gasteiger partial charge in [-0.2, -0.15) is 5.10 Å². The van der Waals surface area contributed by atoms with Crippen molar-refractivity contribution in [3.63, 3.8) is 0 Å². The second kappa shape index (κ2) is 7.43. The molecule has 0 unspecified atom stereocenters. The highest BCUT2D eigenvalue weighted by atomic mass is 19.3. The topological polar surface area (TPSA) is 84.1 Å². The summed E-state index contributed by atoms with van der Waals surface area (Å²) in [6, 6.07) is 6.15. The number of alkyl halides is 2. The van der Waals surface area contributed by atoms with Crippen LogP contribution in [0.2, 0.25) is 0 Å². The van der Waals surface area contributed by atoms with E-state index in [1.54, 1.807) is 22.9 Å². The molecule has 1 aromatic carbocycles. The summed E-state index contributed by atoms with van der Waals surface area (Å²) in [7, 11) is 0. The molecule has 3 aromatic rings. The maximum atomic E-state index is 13.3. The highest BCUT2D eigenvalue weighted by Gasteiger charge is 2.31. The van der Waals surface area contributed by atoms with E-state index in [1.165, 1.54) is 12.3 Å². The van der Waals surface area contributed by atoms with Gasteiger partial charge in [0, 0.05) is 18.5 Å². The van der Waals surface area contributed by atoms with E-state index in [0.717, 1.165) is 5.69 Å². The molecule has 0 saturated heterocycles. The van der Waals surface area contributed by atoms with Gasteiger partial charge in [-0.3, -0.25) is 9.89 Å². The van der Waals surface area contributed by atoms with Gasteiger partial charge in [0.25, 0.3) is 17.7 Å². The van der Waals surface area contributed by atoms with Crippen LogP contribution < -0.4 is 10.5 Å². The van der Waals surface area contributed by atoms with Crippen LogP contribution in [0.1, 0.15) is 41.9 Å². The third-order valence-electron chi connectivity index (χ3n) is 5.16. The molecule has 8 nitrogen and oxygen atoms in total. The molecule has 10 heteroatoms. The van der Waals surface area contributed by atoms with Gasteiger partial charge in [-0.05, 0) is 12.5 Å². The lowest BCUT2D eigenvalue weighted by Crippen LogP contribution is -2.35. The van der Waals surface area contributed by atoms with Crippen molar-refractivity contribution in [3.8, 4) is 0 Å². The number of hydrogen-bond acceptors (Lipinski definition) is 5. The zero-order chi connectivity index (χ0) is 20.5. The molecule has 0 aliphatic carbocycles. The lowest BCUT2D eigenvalue weighted by Gasteiger charge is -2.34. The van der Waals surface area contributed by atoms with E-state index in [2.05, 4.69) is 25.4 Å². The Kier molecular flexibility index (Phi) is 4.80. The zero-order valence-electron chi connectivity index (χ0n) is 15.5. The summed E-state index contributed by atoms with van der Waals surface area (Å²) in [5.74, 6) is 0. The minimum Gasteiger partial charge on any atom is -0.370 e. The number of aromatic amines is 1. The lowest BCUT2D eigenvalue weighted by molar-refractivity contribution is 0.150. The van der Waals surface area contributed by atoms with Crippen LogP contribution in [0.15, 0.2) is 35.3 Å². The number of halogens is 2. The smallest absolute Gasteiger partial charge is 0.275 e. The van der Waals surface area contributed by atoms with Gasteiger partial charge in [-0.25, -0.2) is 18.3 Å². The van der Waals surface area contributed by atoms with Gasteiger partial charge in [-0.1, -0.05) is 29.5 Å². The van der Waals surface area contributed by atoms with Gasteiger partial charge >= 0.3 is 0 Å². The van der Waals surface area contributed by atoms with Gasteiger partial charge in [0.05, 0.1) is 36.7 Å². The molecule has 0 fully saturated rings. The van der Waals surface area contributed by atoms with E-state index >= 15 is 0 Å². The third kappa shape index (κ3) is 3.24. The van der Waals surface area contributed by atoms with Crippen LogP contribution >= 0.6 is 0 Å².